The number of nitrogens with two attached hydrogens (primary N) is 1. The van der Waals surface area contributed by atoms with Crippen LogP contribution >= 0.6 is 0 Å². The molecule has 0 saturated heterocycles. The van der Waals surface area contributed by atoms with E-state index in [4.69, 9.17) is 15.6 Å². The second-order valence-corrected chi connectivity index (χ2v) is 3.00. The smallest absolute Gasteiger partial charge is 0.335 e. The van der Waals surface area contributed by atoms with Crippen LogP contribution in [0.1, 0.15) is 10.4 Å². The van der Waals surface area contributed by atoms with Gasteiger partial charge in [-0.2, -0.15) is 0 Å². The van der Waals surface area contributed by atoms with Crippen LogP contribution in [0.25, 0.3) is 0 Å². The summed E-state index contributed by atoms with van der Waals surface area (Å²) >= 11 is 0. The zero-order valence-electron chi connectivity index (χ0n) is 8.52. The van der Waals surface area contributed by atoms with Gasteiger partial charge in [0.1, 0.15) is 18.2 Å². The summed E-state index contributed by atoms with van der Waals surface area (Å²) in [6, 6.07) is 5.72. The van der Waals surface area contributed by atoms with Gasteiger partial charge in [0.05, 0.1) is 5.56 Å². The van der Waals surface area contributed by atoms with Gasteiger partial charge in [-0.15, -0.1) is 0 Å². The van der Waals surface area contributed by atoms with Crippen LogP contribution in [0.3, 0.4) is 0 Å². The monoisotopic (exact) mass is 225 g/mol. The molecule has 4 nitrogen and oxygen atoms in total. The molecule has 1 aromatic carbocycles. The van der Waals surface area contributed by atoms with E-state index >= 15 is 0 Å². The number of aromatic carboxylic acids is 1. The van der Waals surface area contributed by atoms with Gasteiger partial charge < -0.3 is 15.6 Å². The van der Waals surface area contributed by atoms with Crippen LogP contribution in [-0.2, 0) is 0 Å². The molecule has 0 aromatic heterocycles. The molecule has 0 aliphatic heterocycles. The molecular weight excluding hydrogens is 213 g/mol. The molecule has 0 saturated carbocycles. The van der Waals surface area contributed by atoms with Gasteiger partial charge in [0.2, 0.25) is 0 Å². The Morgan fingerprint density at radius 1 is 1.44 bits per heavy atom. The average molecular weight is 225 g/mol. The van der Waals surface area contributed by atoms with Gasteiger partial charge in [0.15, 0.2) is 0 Å². The maximum atomic E-state index is 12.9. The Morgan fingerprint density at radius 2 is 2.06 bits per heavy atom. The third-order valence-electron chi connectivity index (χ3n) is 1.82. The number of carbonyl (C=O) groups is 1. The van der Waals surface area contributed by atoms with Crippen molar-refractivity contribution in [2.24, 2.45) is 5.73 Å². The third kappa shape index (κ3) is 3.70. The van der Waals surface area contributed by atoms with Crippen LogP contribution in [0.2, 0.25) is 0 Å². The molecule has 0 fully saturated rings. The summed E-state index contributed by atoms with van der Waals surface area (Å²) in [4.78, 5) is 10.5. The van der Waals surface area contributed by atoms with E-state index in [1.165, 1.54) is 30.3 Å². The van der Waals surface area contributed by atoms with Gasteiger partial charge >= 0.3 is 5.97 Å². The minimum Gasteiger partial charge on any atom is -0.487 e. The topological polar surface area (TPSA) is 72.5 Å². The Labute approximate surface area is 92.1 Å². The van der Waals surface area contributed by atoms with Gasteiger partial charge in [-0.05, 0) is 30.3 Å². The average Bonchev–Trinajstić information content (AvgIpc) is 2.27. The molecule has 1 aromatic rings. The lowest BCUT2D eigenvalue weighted by Crippen LogP contribution is -2.02. The van der Waals surface area contributed by atoms with Crippen molar-refractivity contribution in [2.75, 3.05) is 13.2 Å². The molecule has 5 heteroatoms. The highest BCUT2D eigenvalue weighted by atomic mass is 19.1. The van der Waals surface area contributed by atoms with Gasteiger partial charge in [-0.3, -0.25) is 0 Å². The lowest BCUT2D eigenvalue weighted by atomic mass is 10.2. The number of hydrogen-bond donors (Lipinski definition) is 2. The molecule has 1 rings (SSSR count). The van der Waals surface area contributed by atoms with Gasteiger partial charge in [0.25, 0.3) is 0 Å². The van der Waals surface area contributed by atoms with Crippen molar-refractivity contribution in [3.8, 4) is 5.75 Å². The molecule has 0 radical (unpaired) electrons. The summed E-state index contributed by atoms with van der Waals surface area (Å²) in [5.74, 6) is -1.06. The van der Waals surface area contributed by atoms with Crippen LogP contribution in [0.4, 0.5) is 4.39 Å². The van der Waals surface area contributed by atoms with E-state index in [0.29, 0.717) is 5.75 Å². The number of rotatable bonds is 5. The summed E-state index contributed by atoms with van der Waals surface area (Å²) < 4.78 is 17.9. The Morgan fingerprint density at radius 3 is 2.56 bits per heavy atom. The number of halogens is 1. The summed E-state index contributed by atoms with van der Waals surface area (Å²) in [7, 11) is 0. The molecule has 86 valence electrons. The van der Waals surface area contributed by atoms with E-state index in [1.54, 1.807) is 0 Å². The lowest BCUT2D eigenvalue weighted by Gasteiger charge is -2.04. The fraction of sp³-hybridized carbons (Fsp3) is 0.182. The molecule has 0 atom stereocenters. The van der Waals surface area contributed by atoms with Crippen molar-refractivity contribution in [2.45, 2.75) is 0 Å². The van der Waals surface area contributed by atoms with E-state index in [0.717, 1.165) is 0 Å². The first-order valence-corrected chi connectivity index (χ1v) is 4.64. The third-order valence-corrected chi connectivity index (χ3v) is 1.82. The quantitative estimate of drug-likeness (QED) is 0.797. The SMILES string of the molecule is NC/C=C(\F)COc1ccc(C(=O)O)cc1. The largest absolute Gasteiger partial charge is 0.487 e. The molecule has 0 aliphatic carbocycles. The van der Waals surface area contributed by atoms with Crippen LogP contribution in [0, 0.1) is 0 Å². The van der Waals surface area contributed by atoms with Crippen LogP contribution in [0.15, 0.2) is 36.2 Å². The second-order valence-electron chi connectivity index (χ2n) is 3.00. The number of benzene rings is 1. The number of carboxylic acid groups (broad SMARTS) is 1. The highest BCUT2D eigenvalue weighted by molar-refractivity contribution is 5.87. The summed E-state index contributed by atoms with van der Waals surface area (Å²) in [6.45, 7) is -0.0865. The summed E-state index contributed by atoms with van der Waals surface area (Å²) in [6.07, 6.45) is 1.21. The zero-order chi connectivity index (χ0) is 12.0. The highest BCUT2D eigenvalue weighted by Gasteiger charge is 2.02. The molecule has 3 N–H and O–H groups in total. The molecule has 0 aliphatic rings. The molecule has 0 heterocycles. The first kappa shape index (κ1) is 12.2. The molecule has 0 spiro atoms. The predicted octanol–water partition coefficient (Wildman–Crippen LogP) is 1.58. The van der Waals surface area contributed by atoms with Crippen molar-refractivity contribution < 1.29 is 19.0 Å². The molecule has 0 amide bonds. The predicted molar refractivity (Wildman–Crippen MR) is 57.1 cm³/mol. The van der Waals surface area contributed by atoms with Crippen molar-refractivity contribution in [1.29, 1.82) is 0 Å². The minimum absolute atomic E-state index is 0.118. The minimum atomic E-state index is -1.01. The van der Waals surface area contributed by atoms with Crippen molar-refractivity contribution in [3.63, 3.8) is 0 Å². The van der Waals surface area contributed by atoms with Gasteiger partial charge in [-0.1, -0.05) is 0 Å². The summed E-state index contributed by atoms with van der Waals surface area (Å²) in [5, 5.41) is 8.64. The van der Waals surface area contributed by atoms with Crippen LogP contribution < -0.4 is 10.5 Å². The lowest BCUT2D eigenvalue weighted by molar-refractivity contribution is 0.0697. The van der Waals surface area contributed by atoms with Gasteiger partial charge in [-0.25, -0.2) is 9.18 Å². The number of carboxylic acids is 1. The zero-order valence-corrected chi connectivity index (χ0v) is 8.52. The van der Waals surface area contributed by atoms with E-state index in [-0.39, 0.29) is 18.7 Å². The van der Waals surface area contributed by atoms with Crippen molar-refractivity contribution >= 4 is 5.97 Å². The number of ether oxygens (including phenoxy) is 1. The molecule has 0 unspecified atom stereocenters. The Hall–Kier alpha value is -1.88. The first-order valence-electron chi connectivity index (χ1n) is 4.64. The molecule has 0 bridgehead atoms. The Kier molecular flexibility index (Phi) is 4.47. The Balaban J connectivity index is 2.56. The summed E-state index contributed by atoms with van der Waals surface area (Å²) in [5.41, 5.74) is 5.27. The normalized spacial score (nSPS) is 11.2. The van der Waals surface area contributed by atoms with Crippen molar-refractivity contribution in [1.82, 2.24) is 0 Å². The maximum absolute atomic E-state index is 12.9. The number of hydrogen-bond acceptors (Lipinski definition) is 3. The van der Waals surface area contributed by atoms with Crippen molar-refractivity contribution in [3.05, 3.63) is 41.7 Å². The van der Waals surface area contributed by atoms with E-state index in [9.17, 15) is 9.18 Å². The maximum Gasteiger partial charge on any atom is 0.335 e. The van der Waals surface area contributed by atoms with Crippen LogP contribution in [0.5, 0.6) is 5.75 Å². The van der Waals surface area contributed by atoms with Gasteiger partial charge in [0, 0.05) is 6.54 Å². The molecular formula is C11H12FNO3. The fourth-order valence-corrected chi connectivity index (χ4v) is 1.03. The first-order chi connectivity index (χ1) is 7.63. The second kappa shape index (κ2) is 5.87. The molecule has 16 heavy (non-hydrogen) atoms. The van der Waals surface area contributed by atoms with Crippen LogP contribution in [-0.4, -0.2) is 24.2 Å². The van der Waals surface area contributed by atoms with E-state index in [1.807, 2.05) is 0 Å². The van der Waals surface area contributed by atoms with E-state index < -0.39 is 11.8 Å². The fourth-order valence-electron chi connectivity index (χ4n) is 1.03. The standard InChI is InChI=1S/C11H12FNO3/c12-9(5-6-13)7-16-10-3-1-8(2-4-10)11(14)15/h1-5H,6-7,13H2,(H,14,15)/b9-5-. The Bertz CT molecular complexity index is 387. The highest BCUT2D eigenvalue weighted by Crippen LogP contribution is 2.13. The van der Waals surface area contributed by atoms with E-state index in [2.05, 4.69) is 0 Å².